The number of hydrogen-bond acceptors (Lipinski definition) is 0. The Morgan fingerprint density at radius 3 is 1.90 bits per heavy atom. The molecule has 116 valence electrons. The summed E-state index contributed by atoms with van der Waals surface area (Å²) in [5.74, 6) is 0.728. The first-order valence-electron chi connectivity index (χ1n) is 7.55. The Hall–Kier alpha value is -1.63. The predicted molar refractivity (Wildman–Crippen MR) is 93.8 cm³/mol. The van der Waals surface area contributed by atoms with Crippen LogP contribution in [0.5, 0.6) is 0 Å². The number of halogens is 1. The van der Waals surface area contributed by atoms with Gasteiger partial charge in [-0.1, -0.05) is 83.7 Å². The molecular formula is C20H29F. The van der Waals surface area contributed by atoms with Crippen LogP contribution in [0.1, 0.15) is 40.0 Å². The molecule has 1 heteroatoms. The van der Waals surface area contributed by atoms with Crippen LogP contribution in [0.25, 0.3) is 0 Å². The fourth-order valence-corrected chi connectivity index (χ4v) is 1.70. The van der Waals surface area contributed by atoms with E-state index >= 15 is 0 Å². The summed E-state index contributed by atoms with van der Waals surface area (Å²) in [6, 6.07) is 0. The van der Waals surface area contributed by atoms with Crippen LogP contribution in [0.3, 0.4) is 0 Å². The van der Waals surface area contributed by atoms with Gasteiger partial charge in [-0.2, -0.15) is 0 Å². The highest BCUT2D eigenvalue weighted by Crippen LogP contribution is 2.21. The zero-order valence-corrected chi connectivity index (χ0v) is 13.8. The molecule has 0 nitrogen and oxygen atoms in total. The fraction of sp³-hybridized carbons (Fsp3) is 0.400. The molecule has 2 atom stereocenters. The maximum Gasteiger partial charge on any atom is 0.116 e. The summed E-state index contributed by atoms with van der Waals surface area (Å²) in [6.45, 7) is 21.7. The first kappa shape index (κ1) is 19.4. The van der Waals surface area contributed by atoms with Gasteiger partial charge in [0.25, 0.3) is 0 Å². The van der Waals surface area contributed by atoms with Crippen LogP contribution >= 0.6 is 0 Å². The summed E-state index contributed by atoms with van der Waals surface area (Å²) in [4.78, 5) is 0. The summed E-state index contributed by atoms with van der Waals surface area (Å²) in [6.07, 6.45) is 10.3. The molecule has 0 aromatic rings. The molecule has 0 radical (unpaired) electrons. The van der Waals surface area contributed by atoms with Gasteiger partial charge in [0.1, 0.15) is 5.83 Å². The minimum Gasteiger partial charge on any atom is -0.208 e. The first-order chi connectivity index (χ1) is 9.77. The second kappa shape index (κ2) is 10.1. The summed E-state index contributed by atoms with van der Waals surface area (Å²) in [5, 5.41) is 0. The summed E-state index contributed by atoms with van der Waals surface area (Å²) in [7, 11) is 0. The van der Waals surface area contributed by atoms with Crippen molar-refractivity contribution in [2.45, 2.75) is 40.0 Å². The van der Waals surface area contributed by atoms with E-state index in [4.69, 9.17) is 0 Å². The Labute approximate surface area is 130 Å². The summed E-state index contributed by atoms with van der Waals surface area (Å²) in [5.41, 5.74) is 2.51. The van der Waals surface area contributed by atoms with E-state index in [1.165, 1.54) is 18.9 Å². The number of allylic oxidation sites excluding steroid dienone is 8. The highest BCUT2D eigenvalue weighted by Gasteiger charge is 2.07. The Morgan fingerprint density at radius 2 is 1.43 bits per heavy atom. The van der Waals surface area contributed by atoms with Crippen molar-refractivity contribution in [3.8, 4) is 0 Å². The van der Waals surface area contributed by atoms with Crippen LogP contribution in [-0.2, 0) is 0 Å². The molecule has 0 bridgehead atoms. The van der Waals surface area contributed by atoms with Gasteiger partial charge >= 0.3 is 0 Å². The molecule has 0 aliphatic heterocycles. The molecule has 0 saturated heterocycles. The maximum absolute atomic E-state index is 12.5. The zero-order chi connectivity index (χ0) is 16.4. The van der Waals surface area contributed by atoms with Crippen LogP contribution in [-0.4, -0.2) is 0 Å². The second-order valence-electron chi connectivity index (χ2n) is 5.73. The molecule has 0 fully saturated rings. The van der Waals surface area contributed by atoms with Crippen molar-refractivity contribution in [2.24, 2.45) is 11.8 Å². The van der Waals surface area contributed by atoms with E-state index in [2.05, 4.69) is 47.1 Å². The van der Waals surface area contributed by atoms with E-state index < -0.39 is 5.83 Å². The van der Waals surface area contributed by atoms with Crippen molar-refractivity contribution in [3.05, 3.63) is 73.2 Å². The third kappa shape index (κ3) is 9.01. The van der Waals surface area contributed by atoms with Gasteiger partial charge in [0, 0.05) is 0 Å². The van der Waals surface area contributed by atoms with E-state index in [0.717, 1.165) is 23.5 Å². The van der Waals surface area contributed by atoms with Crippen molar-refractivity contribution < 1.29 is 4.39 Å². The lowest BCUT2D eigenvalue weighted by atomic mass is 9.91. The standard InChI is InChI=1S/C20H29F/c1-8-15(2)9-10-16(3)17(4)11-12-18(5)19(6)13-14-20(7)21/h11-16H,4-10H2,1-3H3/b12-11-,14-13-. The van der Waals surface area contributed by atoms with E-state index in [1.807, 2.05) is 12.2 Å². The van der Waals surface area contributed by atoms with Crippen molar-refractivity contribution in [1.82, 2.24) is 0 Å². The molecule has 2 unspecified atom stereocenters. The highest BCUT2D eigenvalue weighted by atomic mass is 19.1. The Morgan fingerprint density at radius 1 is 0.905 bits per heavy atom. The van der Waals surface area contributed by atoms with E-state index in [-0.39, 0.29) is 0 Å². The van der Waals surface area contributed by atoms with Crippen LogP contribution < -0.4 is 0 Å². The van der Waals surface area contributed by atoms with Crippen LogP contribution in [0.15, 0.2) is 73.2 Å². The van der Waals surface area contributed by atoms with E-state index in [0.29, 0.717) is 11.5 Å². The highest BCUT2D eigenvalue weighted by molar-refractivity contribution is 5.45. The molecule has 0 aliphatic rings. The largest absolute Gasteiger partial charge is 0.208 e. The first-order valence-corrected chi connectivity index (χ1v) is 7.55. The quantitative estimate of drug-likeness (QED) is 0.392. The Kier molecular flexibility index (Phi) is 9.36. The average Bonchev–Trinajstić information content (AvgIpc) is 2.46. The monoisotopic (exact) mass is 288 g/mol. The molecule has 0 aliphatic carbocycles. The van der Waals surface area contributed by atoms with Crippen molar-refractivity contribution >= 4 is 0 Å². The van der Waals surface area contributed by atoms with Gasteiger partial charge in [0.05, 0.1) is 0 Å². The van der Waals surface area contributed by atoms with Gasteiger partial charge in [0.2, 0.25) is 0 Å². The SMILES string of the molecule is C=C(F)/C=C\C(=C)C(=C)/C=C\C(=C)C(C)CCC(C)CC. The lowest BCUT2D eigenvalue weighted by Crippen LogP contribution is -2.00. The molecular weight excluding hydrogens is 259 g/mol. The van der Waals surface area contributed by atoms with Crippen molar-refractivity contribution in [3.63, 3.8) is 0 Å². The van der Waals surface area contributed by atoms with Crippen LogP contribution in [0.4, 0.5) is 4.39 Å². The number of rotatable bonds is 10. The third-order valence-corrected chi connectivity index (χ3v) is 3.80. The third-order valence-electron chi connectivity index (χ3n) is 3.80. The van der Waals surface area contributed by atoms with Crippen molar-refractivity contribution in [2.75, 3.05) is 0 Å². The lowest BCUT2D eigenvalue weighted by Gasteiger charge is -2.14. The van der Waals surface area contributed by atoms with Gasteiger partial charge in [-0.05, 0) is 35.5 Å². The molecule has 0 N–H and O–H groups in total. The zero-order valence-electron chi connectivity index (χ0n) is 13.8. The average molecular weight is 288 g/mol. The molecule has 0 aromatic carbocycles. The van der Waals surface area contributed by atoms with E-state index in [9.17, 15) is 4.39 Å². The second-order valence-corrected chi connectivity index (χ2v) is 5.73. The van der Waals surface area contributed by atoms with Gasteiger partial charge in [-0.25, -0.2) is 4.39 Å². The van der Waals surface area contributed by atoms with Gasteiger partial charge in [0.15, 0.2) is 0 Å². The van der Waals surface area contributed by atoms with Crippen molar-refractivity contribution in [1.29, 1.82) is 0 Å². The molecule has 0 saturated carbocycles. The Bertz CT molecular complexity index is 448. The number of hydrogen-bond donors (Lipinski definition) is 0. The minimum atomic E-state index is -0.490. The van der Waals surface area contributed by atoms with Gasteiger partial charge < -0.3 is 0 Å². The molecule has 21 heavy (non-hydrogen) atoms. The predicted octanol–water partition coefficient (Wildman–Crippen LogP) is 6.71. The summed E-state index contributed by atoms with van der Waals surface area (Å²) < 4.78 is 12.5. The molecule has 0 aromatic heterocycles. The van der Waals surface area contributed by atoms with Gasteiger partial charge in [-0.3, -0.25) is 0 Å². The van der Waals surface area contributed by atoms with Gasteiger partial charge in [-0.15, -0.1) is 0 Å². The van der Waals surface area contributed by atoms with Crippen LogP contribution in [0.2, 0.25) is 0 Å². The topological polar surface area (TPSA) is 0 Å². The molecule has 0 spiro atoms. The lowest BCUT2D eigenvalue weighted by molar-refractivity contribution is 0.454. The van der Waals surface area contributed by atoms with Crippen LogP contribution in [0, 0.1) is 11.8 Å². The Balaban J connectivity index is 4.39. The maximum atomic E-state index is 12.5. The molecule has 0 heterocycles. The summed E-state index contributed by atoms with van der Waals surface area (Å²) >= 11 is 0. The molecule has 0 amide bonds. The normalized spacial score (nSPS) is 14.3. The van der Waals surface area contributed by atoms with E-state index in [1.54, 1.807) is 6.08 Å². The minimum absolute atomic E-state index is 0.456. The smallest absolute Gasteiger partial charge is 0.116 e. The fourth-order valence-electron chi connectivity index (χ4n) is 1.70. The molecule has 0 rings (SSSR count).